The van der Waals surface area contributed by atoms with Gasteiger partial charge in [0.2, 0.25) is 0 Å². The molecule has 118 valence electrons. The number of halogens is 1. The number of carboxylic acids is 1. The van der Waals surface area contributed by atoms with E-state index in [1.54, 1.807) is 18.2 Å². The lowest BCUT2D eigenvalue weighted by Crippen LogP contribution is -2.48. The van der Waals surface area contributed by atoms with E-state index in [0.29, 0.717) is 26.2 Å². The van der Waals surface area contributed by atoms with Gasteiger partial charge < -0.3 is 19.6 Å². The van der Waals surface area contributed by atoms with Crippen molar-refractivity contribution in [3.05, 3.63) is 43.3 Å². The van der Waals surface area contributed by atoms with E-state index in [1.165, 1.54) is 0 Å². The monoisotopic (exact) mass is 368 g/mol. The largest absolute Gasteiger partial charge is 0.549 e. The number of hydrogen-bond donors (Lipinski definition) is 1. The first-order chi connectivity index (χ1) is 11.0. The number of benzene rings is 1. The van der Waals surface area contributed by atoms with Crippen LogP contribution in [-0.4, -0.2) is 22.2 Å². The van der Waals surface area contributed by atoms with Gasteiger partial charge in [-0.3, -0.25) is 9.59 Å². The van der Waals surface area contributed by atoms with Gasteiger partial charge in [-0.15, -0.1) is 0 Å². The lowest BCUT2D eigenvalue weighted by molar-refractivity contribution is -0.306. The molecule has 3 heterocycles. The predicted octanol–water partition coefficient (Wildman–Crippen LogP) is 0.981. The minimum atomic E-state index is -1.37. The van der Waals surface area contributed by atoms with Crippen LogP contribution in [0.5, 0.6) is 5.75 Å². The summed E-state index contributed by atoms with van der Waals surface area (Å²) in [5, 5.41) is 11.2. The number of fused-ring (bicyclic) bond motifs is 5. The van der Waals surface area contributed by atoms with Gasteiger partial charge >= 0.3 is 10.8 Å². The second kappa shape index (κ2) is 5.12. The molecule has 2 aliphatic heterocycles. The summed E-state index contributed by atoms with van der Waals surface area (Å²) in [4.78, 5) is 38.5. The van der Waals surface area contributed by atoms with Gasteiger partial charge in [0.1, 0.15) is 5.75 Å². The zero-order valence-corrected chi connectivity index (χ0v) is 13.6. The third kappa shape index (κ3) is 2.20. The van der Waals surface area contributed by atoms with Gasteiger partial charge in [0.25, 0.3) is 0 Å². The maximum Gasteiger partial charge on any atom is 0.316 e. The Morgan fingerprint density at radius 1 is 1.35 bits per heavy atom. The Bertz CT molecular complexity index is 905. The normalized spacial score (nSPS) is 25.1. The first-order valence-electron chi connectivity index (χ1n) is 6.57. The molecule has 1 N–H and O–H groups in total. The van der Waals surface area contributed by atoms with Crippen molar-refractivity contribution in [3.8, 4) is 5.75 Å². The fraction of sp³-hybridized carbons (Fsp3) is 0.214. The van der Waals surface area contributed by atoms with Gasteiger partial charge in [-0.2, -0.15) is 0 Å². The highest BCUT2D eigenvalue weighted by molar-refractivity contribution is 8.00. The van der Waals surface area contributed by atoms with Gasteiger partial charge in [-0.05, 0) is 18.2 Å². The molecule has 1 aromatic carbocycles. The number of H-pyrrole nitrogens is 1. The fourth-order valence-electron chi connectivity index (χ4n) is 2.98. The lowest BCUT2D eigenvalue weighted by Gasteiger charge is -2.39. The zero-order chi connectivity index (χ0) is 16.3. The Hall–Kier alpha value is -1.77. The first-order valence-corrected chi connectivity index (χ1v) is 8.65. The van der Waals surface area contributed by atoms with Gasteiger partial charge in [0.05, 0.1) is 22.2 Å². The molecule has 0 saturated carbocycles. The summed E-state index contributed by atoms with van der Waals surface area (Å²) in [6.07, 6.45) is 0. The highest BCUT2D eigenvalue weighted by atomic mass is 35.5. The third-order valence-electron chi connectivity index (χ3n) is 3.88. The summed E-state index contributed by atoms with van der Waals surface area (Å²) in [5.74, 6) is -3.23. The fourth-order valence-corrected chi connectivity index (χ4v) is 5.55. The Kier molecular flexibility index (Phi) is 3.29. The van der Waals surface area contributed by atoms with Crippen LogP contribution in [0.15, 0.2) is 28.0 Å². The van der Waals surface area contributed by atoms with Crippen LogP contribution in [0.1, 0.15) is 16.4 Å². The van der Waals surface area contributed by atoms with Crippen molar-refractivity contribution in [3.63, 3.8) is 0 Å². The molecule has 2 aliphatic rings. The van der Waals surface area contributed by atoms with E-state index >= 15 is 0 Å². The zero-order valence-electron chi connectivity index (χ0n) is 11.2. The van der Waals surface area contributed by atoms with Crippen molar-refractivity contribution in [2.45, 2.75) is 16.2 Å². The smallest absolute Gasteiger partial charge is 0.316 e. The predicted molar refractivity (Wildman–Crippen MR) is 82.0 cm³/mol. The van der Waals surface area contributed by atoms with E-state index in [0.717, 1.165) is 23.1 Å². The number of nitrogens with one attached hydrogen (secondary N) is 1. The molecule has 0 bridgehead atoms. The molecule has 0 amide bonds. The molecule has 0 saturated heterocycles. The summed E-state index contributed by atoms with van der Waals surface area (Å²) in [6, 6.07) is 4.79. The second-order valence-electron chi connectivity index (χ2n) is 5.17. The molecule has 0 aliphatic carbocycles. The molecule has 3 atom stereocenters. The average molecular weight is 369 g/mol. The van der Waals surface area contributed by atoms with Gasteiger partial charge in [-0.1, -0.05) is 34.7 Å². The number of aromatic amines is 1. The van der Waals surface area contributed by atoms with Gasteiger partial charge in [-0.25, -0.2) is 0 Å². The molecular formula is C14H7ClNO5S2-. The van der Waals surface area contributed by atoms with Crippen molar-refractivity contribution in [1.82, 2.24) is 4.98 Å². The van der Waals surface area contributed by atoms with Crippen LogP contribution >= 0.6 is 34.7 Å². The Balaban J connectivity index is 2.00. The second-order valence-corrected chi connectivity index (χ2v) is 7.78. The van der Waals surface area contributed by atoms with Crippen molar-refractivity contribution in [1.29, 1.82) is 0 Å². The van der Waals surface area contributed by atoms with Gasteiger partial charge in [0, 0.05) is 21.4 Å². The molecule has 23 heavy (non-hydrogen) atoms. The summed E-state index contributed by atoms with van der Waals surface area (Å²) in [7, 11) is 0. The molecule has 6 nitrogen and oxygen atoms in total. The Morgan fingerprint density at radius 2 is 2.13 bits per heavy atom. The van der Waals surface area contributed by atoms with Crippen molar-refractivity contribution in [2.75, 3.05) is 0 Å². The van der Waals surface area contributed by atoms with Crippen molar-refractivity contribution in [2.24, 2.45) is 5.92 Å². The van der Waals surface area contributed by atoms with Crippen molar-refractivity contribution >= 4 is 46.6 Å². The maximum atomic E-state index is 12.4. The van der Waals surface area contributed by atoms with E-state index in [9.17, 15) is 19.5 Å². The number of aliphatic carboxylic acids is 1. The van der Waals surface area contributed by atoms with E-state index in [1.807, 2.05) is 0 Å². The van der Waals surface area contributed by atoms with E-state index in [2.05, 4.69) is 4.98 Å². The number of thioether (sulfide) groups is 1. The van der Waals surface area contributed by atoms with Crippen LogP contribution in [0.4, 0.5) is 0 Å². The molecular weight excluding hydrogens is 362 g/mol. The van der Waals surface area contributed by atoms with Crippen molar-refractivity contribution < 1.29 is 19.4 Å². The quantitative estimate of drug-likeness (QED) is 0.595. The number of carbonyl (C=O) groups is 2. The molecule has 4 rings (SSSR count). The lowest BCUT2D eigenvalue weighted by atomic mass is 9.80. The Morgan fingerprint density at radius 3 is 2.87 bits per heavy atom. The first kappa shape index (κ1) is 14.8. The number of esters is 1. The van der Waals surface area contributed by atoms with Crippen LogP contribution in [0.25, 0.3) is 0 Å². The molecule has 0 radical (unpaired) electrons. The van der Waals surface area contributed by atoms with Gasteiger partial charge in [0.15, 0.2) is 0 Å². The molecule has 0 spiro atoms. The molecule has 0 unspecified atom stereocenters. The molecule has 2 aromatic rings. The Labute approximate surface area is 142 Å². The number of aromatic nitrogens is 1. The maximum absolute atomic E-state index is 12.4. The van der Waals surface area contributed by atoms with E-state index in [4.69, 9.17) is 16.3 Å². The minimum absolute atomic E-state index is 0.303. The van der Waals surface area contributed by atoms with Crippen LogP contribution < -0.4 is 14.7 Å². The summed E-state index contributed by atoms with van der Waals surface area (Å²) < 4.78 is 5.27. The number of ether oxygens (including phenoxy) is 1. The highest BCUT2D eigenvalue weighted by Crippen LogP contribution is 2.53. The molecule has 0 fully saturated rings. The van der Waals surface area contributed by atoms with E-state index < -0.39 is 29.0 Å². The summed E-state index contributed by atoms with van der Waals surface area (Å²) >= 11 is 7.91. The number of rotatable bonds is 1. The summed E-state index contributed by atoms with van der Waals surface area (Å²) in [5.41, 5.74) is 0.602. The van der Waals surface area contributed by atoms with Crippen LogP contribution in [0.2, 0.25) is 5.02 Å². The standard InChI is InChI=1S/C14H8ClNO5S2/c15-4-1-2-6-5(3-4)7-8(13(19)21-6)10(12(17)18)22-11-9(7)23-14(20)16-11/h1-3,7-8,10H,(H,16,20)(H,17,18)/p-1/t7-,8+,10+/m0/s1. The van der Waals surface area contributed by atoms with Crippen LogP contribution in [-0.2, 0) is 9.59 Å². The number of carboxylic acid groups (broad SMARTS) is 1. The number of hydrogen-bond acceptors (Lipinski definition) is 7. The van der Waals surface area contributed by atoms with Crippen LogP contribution in [0.3, 0.4) is 0 Å². The van der Waals surface area contributed by atoms with Crippen LogP contribution in [0, 0.1) is 5.92 Å². The molecule has 1 aromatic heterocycles. The SMILES string of the molecule is O=C1Oc2ccc(Cl)cc2[C@@H]2c3sc(=O)[nH]c3S[C@@H](C(=O)[O-])[C@H]12. The summed E-state index contributed by atoms with van der Waals surface area (Å²) in [6.45, 7) is 0. The number of thiazole rings is 1. The third-order valence-corrected chi connectivity index (χ3v) is 6.50. The molecule has 9 heteroatoms. The number of carbonyl (C=O) groups excluding carboxylic acids is 2. The highest BCUT2D eigenvalue weighted by Gasteiger charge is 2.49. The minimum Gasteiger partial charge on any atom is -0.549 e. The average Bonchev–Trinajstić information content (AvgIpc) is 2.86. The topological polar surface area (TPSA) is 99.3 Å². The van der Waals surface area contributed by atoms with E-state index in [-0.39, 0.29) is 4.87 Å².